The lowest BCUT2D eigenvalue weighted by molar-refractivity contribution is -0.114. The van der Waals surface area contributed by atoms with Gasteiger partial charge >= 0.3 is 0 Å². The number of halogens is 2. The second-order valence-corrected chi connectivity index (χ2v) is 16.7. The zero-order chi connectivity index (χ0) is 40.2. The molecule has 4 rings (SSSR count). The monoisotopic (exact) mass is 818 g/mol. The lowest BCUT2D eigenvalue weighted by atomic mass is 9.90. The third kappa shape index (κ3) is 10.4. The summed E-state index contributed by atoms with van der Waals surface area (Å²) in [5.74, 6) is -1.58. The second kappa shape index (κ2) is 16.6. The first-order chi connectivity index (χ1) is 25.1. The smallest absolute Gasteiger partial charge is 0.294 e. The van der Waals surface area contributed by atoms with E-state index in [2.05, 4.69) is 32.0 Å². The largest absolute Gasteiger partial charge is 0.371 e. The van der Waals surface area contributed by atoms with Crippen molar-refractivity contribution in [1.82, 2.24) is 9.78 Å². The molecule has 0 radical (unpaired) electrons. The number of benzene rings is 3. The summed E-state index contributed by atoms with van der Waals surface area (Å²) in [4.78, 5) is 26.5. The van der Waals surface area contributed by atoms with Crippen molar-refractivity contribution >= 4 is 83.8 Å². The van der Waals surface area contributed by atoms with Crippen molar-refractivity contribution in [3.63, 3.8) is 0 Å². The summed E-state index contributed by atoms with van der Waals surface area (Å²) < 4.78 is 65.4. The van der Waals surface area contributed by atoms with E-state index >= 15 is 0 Å². The van der Waals surface area contributed by atoms with E-state index in [0.717, 1.165) is 12.1 Å². The van der Waals surface area contributed by atoms with Gasteiger partial charge in [0, 0.05) is 36.7 Å². The Bertz CT molecular complexity index is 2400. The molecule has 0 saturated heterocycles. The highest BCUT2D eigenvalue weighted by Gasteiger charge is 2.29. The summed E-state index contributed by atoms with van der Waals surface area (Å²) in [6.07, 6.45) is 0.109. The van der Waals surface area contributed by atoms with Gasteiger partial charge in [0.2, 0.25) is 5.91 Å². The molecule has 0 aliphatic rings. The molecule has 0 unspecified atom stereocenters. The number of nitrogens with one attached hydrogen (secondary N) is 2. The van der Waals surface area contributed by atoms with Crippen LogP contribution in [-0.4, -0.2) is 66.4 Å². The molecule has 0 atom stereocenters. The Labute approximate surface area is 322 Å². The molecule has 0 aliphatic carbocycles. The van der Waals surface area contributed by atoms with Gasteiger partial charge in [0.15, 0.2) is 5.82 Å². The minimum atomic E-state index is -4.54. The molecule has 16 nitrogen and oxygen atoms in total. The summed E-state index contributed by atoms with van der Waals surface area (Å²) >= 11 is 13.4. The fourth-order valence-electron chi connectivity index (χ4n) is 5.21. The number of nitriles is 1. The molecule has 286 valence electrons. The van der Waals surface area contributed by atoms with Gasteiger partial charge in [-0.1, -0.05) is 50.0 Å². The predicted octanol–water partition coefficient (Wildman–Crippen LogP) is 7.33. The van der Waals surface area contributed by atoms with E-state index in [4.69, 9.17) is 27.8 Å². The number of aromatic nitrogens is 2. The zero-order valence-electron chi connectivity index (χ0n) is 29.6. The van der Waals surface area contributed by atoms with Crippen LogP contribution in [0.15, 0.2) is 69.7 Å². The van der Waals surface area contributed by atoms with Crippen LogP contribution in [0.3, 0.4) is 0 Å². The van der Waals surface area contributed by atoms with E-state index in [-0.39, 0.29) is 62.7 Å². The van der Waals surface area contributed by atoms with E-state index in [1.165, 1.54) is 48.0 Å². The number of hydrogen-bond acceptors (Lipinski definition) is 11. The lowest BCUT2D eigenvalue weighted by Crippen LogP contribution is -2.26. The highest BCUT2D eigenvalue weighted by molar-refractivity contribution is 7.86. The van der Waals surface area contributed by atoms with Crippen molar-refractivity contribution in [3.8, 4) is 11.8 Å². The molecule has 0 saturated carbocycles. The van der Waals surface area contributed by atoms with Crippen molar-refractivity contribution in [3.05, 3.63) is 81.5 Å². The van der Waals surface area contributed by atoms with Crippen LogP contribution >= 0.6 is 23.2 Å². The van der Waals surface area contributed by atoms with Gasteiger partial charge in [0.1, 0.15) is 17.3 Å². The van der Waals surface area contributed by atoms with E-state index in [9.17, 15) is 36.2 Å². The first-order valence-electron chi connectivity index (χ1n) is 16.1. The van der Waals surface area contributed by atoms with Crippen LogP contribution in [0.4, 0.5) is 28.6 Å². The molecule has 20 heteroatoms. The summed E-state index contributed by atoms with van der Waals surface area (Å²) in [6.45, 7) is 9.30. The number of amides is 2. The lowest BCUT2D eigenvalue weighted by Gasteiger charge is -2.25. The van der Waals surface area contributed by atoms with Crippen LogP contribution in [0.25, 0.3) is 5.69 Å². The molecule has 3 aromatic carbocycles. The molecule has 1 aromatic heterocycles. The molecule has 0 aliphatic heterocycles. The van der Waals surface area contributed by atoms with Gasteiger partial charge in [-0.3, -0.25) is 18.7 Å². The van der Waals surface area contributed by atoms with E-state index in [0.29, 0.717) is 17.9 Å². The van der Waals surface area contributed by atoms with Gasteiger partial charge in [-0.15, -0.1) is 10.2 Å². The molecule has 0 fully saturated rings. The normalized spacial score (nSPS) is 12.1. The van der Waals surface area contributed by atoms with Crippen LogP contribution in [-0.2, 0) is 30.4 Å². The Morgan fingerprint density at radius 3 is 2.28 bits per heavy atom. The number of anilines is 3. The number of hydrogen-bond donors (Lipinski definition) is 4. The standard InChI is InChI=1S/C34H36Cl2N8O8S2/c1-6-43(13-8-14-53(47,48)49)30-18-27(38-20(2)45)28(17-26(30)36)40-41-32-24(19-37)31(34(3,4)5)42-44(32)29-12-11-22(16-25(29)35)39-33(46)21-9-7-10-23(15-21)54(50,51)52/h7,9-12,15-18H,6,8,13-14H2,1-5H3,(H,38,45)(H,39,46)(H,47,48,49)(H,50,51,52). The van der Waals surface area contributed by atoms with Crippen LogP contribution in [0.2, 0.25) is 10.0 Å². The topological polar surface area (TPSA) is 237 Å². The molecule has 4 aromatic rings. The minimum Gasteiger partial charge on any atom is -0.371 e. The quantitative estimate of drug-likeness (QED) is 0.0770. The highest BCUT2D eigenvalue weighted by Crippen LogP contribution is 2.40. The summed E-state index contributed by atoms with van der Waals surface area (Å²) in [5.41, 5.74) is 1.02. The van der Waals surface area contributed by atoms with Crippen molar-refractivity contribution in [1.29, 1.82) is 5.26 Å². The van der Waals surface area contributed by atoms with Gasteiger partial charge in [-0.05, 0) is 61.9 Å². The molecule has 1 heterocycles. The average Bonchev–Trinajstić information content (AvgIpc) is 3.45. The van der Waals surface area contributed by atoms with Gasteiger partial charge in [0.05, 0.1) is 43.4 Å². The third-order valence-corrected chi connectivity index (χ3v) is 9.95. The predicted molar refractivity (Wildman–Crippen MR) is 205 cm³/mol. The number of carbonyl (C=O) groups is 2. The Morgan fingerprint density at radius 2 is 1.70 bits per heavy atom. The SMILES string of the molecule is CCN(CCCS(=O)(=O)O)c1cc(NC(C)=O)c(N=Nc2c(C#N)c(C(C)(C)C)nn2-c2ccc(NC(=O)c3cccc(S(=O)(=O)O)c3)cc2Cl)cc1Cl. The number of azo groups is 1. The summed E-state index contributed by atoms with van der Waals surface area (Å²) in [7, 11) is -8.71. The van der Waals surface area contributed by atoms with E-state index in [1.54, 1.807) is 11.0 Å². The fraction of sp³-hybridized carbons (Fsp3) is 0.294. The fourth-order valence-corrected chi connectivity index (χ4v) is 6.77. The molecular formula is C34H36Cl2N8O8S2. The highest BCUT2D eigenvalue weighted by atomic mass is 35.5. The Hall–Kier alpha value is -4.90. The molecule has 2 amide bonds. The second-order valence-electron chi connectivity index (χ2n) is 12.9. The van der Waals surface area contributed by atoms with Crippen molar-refractivity contribution in [2.75, 3.05) is 34.4 Å². The van der Waals surface area contributed by atoms with Crippen LogP contribution in [0.1, 0.15) is 62.7 Å². The Balaban J connectivity index is 1.77. The summed E-state index contributed by atoms with van der Waals surface area (Å²) in [6, 6.07) is 14.4. The number of nitrogens with zero attached hydrogens (tertiary/aromatic N) is 6. The third-order valence-electron chi connectivity index (χ3n) is 7.69. The zero-order valence-corrected chi connectivity index (χ0v) is 32.8. The van der Waals surface area contributed by atoms with E-state index in [1.807, 2.05) is 27.7 Å². The van der Waals surface area contributed by atoms with Crippen LogP contribution in [0, 0.1) is 11.3 Å². The van der Waals surface area contributed by atoms with Gasteiger partial charge < -0.3 is 15.5 Å². The minimum absolute atomic E-state index is 0.0162. The first-order valence-corrected chi connectivity index (χ1v) is 19.9. The maximum absolute atomic E-state index is 12.9. The molecule has 54 heavy (non-hydrogen) atoms. The van der Waals surface area contributed by atoms with Gasteiger partial charge in [-0.25, -0.2) is 4.68 Å². The van der Waals surface area contributed by atoms with Gasteiger partial charge in [-0.2, -0.15) is 27.2 Å². The maximum Gasteiger partial charge on any atom is 0.294 e. The maximum atomic E-state index is 12.9. The van der Waals surface area contributed by atoms with Crippen molar-refractivity contribution < 1.29 is 35.5 Å². The Kier molecular flexibility index (Phi) is 12.9. The Morgan fingerprint density at radius 1 is 1.00 bits per heavy atom. The van der Waals surface area contributed by atoms with Gasteiger partial charge in [0.25, 0.3) is 26.1 Å². The number of carbonyl (C=O) groups excluding carboxylic acids is 2. The van der Waals surface area contributed by atoms with Crippen molar-refractivity contribution in [2.24, 2.45) is 10.2 Å². The summed E-state index contributed by atoms with van der Waals surface area (Å²) in [5, 5.41) is 29.3. The number of rotatable bonds is 13. The van der Waals surface area contributed by atoms with Crippen LogP contribution < -0.4 is 15.5 Å². The average molecular weight is 820 g/mol. The van der Waals surface area contributed by atoms with E-state index < -0.39 is 48.1 Å². The van der Waals surface area contributed by atoms with Crippen molar-refractivity contribution in [2.45, 2.75) is 51.3 Å². The molecule has 0 bridgehead atoms. The molecule has 4 N–H and O–H groups in total. The molecular weight excluding hydrogens is 783 g/mol. The molecule has 0 spiro atoms. The van der Waals surface area contributed by atoms with Crippen LogP contribution in [0.5, 0.6) is 0 Å². The first kappa shape index (κ1) is 41.9.